The Hall–Kier alpha value is -0.580. The van der Waals surface area contributed by atoms with Crippen molar-refractivity contribution in [1.29, 1.82) is 0 Å². The fraction of sp³-hybridized carbons (Fsp3) is 0.571. The number of sulfonamides is 1. The molecule has 1 aliphatic carbocycles. The predicted molar refractivity (Wildman–Crippen MR) is 77.9 cm³/mol. The molecule has 1 fully saturated rings. The summed E-state index contributed by atoms with van der Waals surface area (Å²) in [5.41, 5.74) is 1.06. The van der Waals surface area contributed by atoms with Crippen LogP contribution in [0.5, 0.6) is 0 Å². The third kappa shape index (κ3) is 4.20. The van der Waals surface area contributed by atoms with Gasteiger partial charge in [0.25, 0.3) is 0 Å². The van der Waals surface area contributed by atoms with Crippen LogP contribution in [0.3, 0.4) is 0 Å². The molecule has 0 aliphatic heterocycles. The fourth-order valence-electron chi connectivity index (χ4n) is 2.10. The van der Waals surface area contributed by atoms with E-state index in [-0.39, 0.29) is 0 Å². The van der Waals surface area contributed by atoms with Gasteiger partial charge in [0.15, 0.2) is 0 Å². The van der Waals surface area contributed by atoms with Crippen molar-refractivity contribution in [2.24, 2.45) is 11.8 Å². The van der Waals surface area contributed by atoms with Gasteiger partial charge in [0.05, 0.1) is 4.90 Å². The quantitative estimate of drug-likeness (QED) is 0.787. The average Bonchev–Trinajstić information content (AvgIpc) is 3.21. The van der Waals surface area contributed by atoms with Gasteiger partial charge in [0, 0.05) is 12.4 Å². The van der Waals surface area contributed by atoms with Crippen LogP contribution in [0.2, 0.25) is 0 Å². The SMILES string of the molecule is CC(CNS(=O)(=O)c1ccc(CCCl)cc1)C1CC1. The van der Waals surface area contributed by atoms with Gasteiger partial charge >= 0.3 is 0 Å². The van der Waals surface area contributed by atoms with E-state index < -0.39 is 10.0 Å². The Balaban J connectivity index is 1.97. The van der Waals surface area contributed by atoms with Crippen LogP contribution >= 0.6 is 11.6 Å². The lowest BCUT2D eigenvalue weighted by molar-refractivity contribution is 0.492. The molecule has 1 atom stereocenters. The van der Waals surface area contributed by atoms with Gasteiger partial charge in [-0.05, 0) is 48.8 Å². The first kappa shape index (κ1) is 14.8. The summed E-state index contributed by atoms with van der Waals surface area (Å²) in [5, 5.41) is 0. The summed E-state index contributed by atoms with van der Waals surface area (Å²) in [5.74, 6) is 1.67. The van der Waals surface area contributed by atoms with Crippen LogP contribution in [0.25, 0.3) is 0 Å². The van der Waals surface area contributed by atoms with E-state index in [1.165, 1.54) is 12.8 Å². The minimum absolute atomic E-state index is 0.328. The standard InChI is InChI=1S/C14H20ClNO2S/c1-11(13-4-5-13)10-16-19(17,18)14-6-2-12(3-7-14)8-9-15/h2-3,6-7,11,13,16H,4-5,8-10H2,1H3. The van der Waals surface area contributed by atoms with Gasteiger partial charge in [0.2, 0.25) is 10.0 Å². The molecule has 0 saturated heterocycles. The van der Waals surface area contributed by atoms with E-state index in [1.807, 2.05) is 12.1 Å². The average molecular weight is 302 g/mol. The first-order valence-electron chi connectivity index (χ1n) is 6.67. The van der Waals surface area contributed by atoms with Crippen LogP contribution in [0.15, 0.2) is 29.2 Å². The molecule has 2 rings (SSSR count). The third-order valence-electron chi connectivity index (χ3n) is 3.64. The van der Waals surface area contributed by atoms with Crippen LogP contribution in [-0.4, -0.2) is 20.8 Å². The maximum Gasteiger partial charge on any atom is 0.240 e. The Morgan fingerprint density at radius 3 is 2.47 bits per heavy atom. The van der Waals surface area contributed by atoms with E-state index in [4.69, 9.17) is 11.6 Å². The fourth-order valence-corrected chi connectivity index (χ4v) is 3.46. The maximum absolute atomic E-state index is 12.1. The number of halogens is 1. The summed E-state index contributed by atoms with van der Waals surface area (Å²) >= 11 is 5.66. The molecule has 0 amide bonds. The second-order valence-electron chi connectivity index (χ2n) is 5.25. The maximum atomic E-state index is 12.1. The van der Waals surface area contributed by atoms with Crippen molar-refractivity contribution in [2.75, 3.05) is 12.4 Å². The highest BCUT2D eigenvalue weighted by Crippen LogP contribution is 2.36. The molecule has 3 nitrogen and oxygen atoms in total. The van der Waals surface area contributed by atoms with E-state index in [0.29, 0.717) is 29.2 Å². The van der Waals surface area contributed by atoms with Gasteiger partial charge in [-0.15, -0.1) is 11.6 Å². The van der Waals surface area contributed by atoms with Gasteiger partial charge in [-0.25, -0.2) is 13.1 Å². The van der Waals surface area contributed by atoms with Gasteiger partial charge in [0.1, 0.15) is 0 Å². The predicted octanol–water partition coefficient (Wildman–Crippen LogP) is 2.79. The molecule has 0 bridgehead atoms. The normalized spacial score (nSPS) is 17.4. The van der Waals surface area contributed by atoms with Crippen molar-refractivity contribution in [3.63, 3.8) is 0 Å². The second-order valence-corrected chi connectivity index (χ2v) is 7.39. The Morgan fingerprint density at radius 2 is 1.95 bits per heavy atom. The molecule has 0 radical (unpaired) electrons. The molecule has 1 saturated carbocycles. The minimum atomic E-state index is -3.38. The zero-order valence-electron chi connectivity index (χ0n) is 11.1. The number of hydrogen-bond donors (Lipinski definition) is 1. The Kier molecular flexibility index (Phi) is 4.87. The molecule has 1 aromatic rings. The summed E-state index contributed by atoms with van der Waals surface area (Å²) in [6.45, 7) is 2.63. The largest absolute Gasteiger partial charge is 0.240 e. The smallest absolute Gasteiger partial charge is 0.211 e. The van der Waals surface area contributed by atoms with Crippen molar-refractivity contribution in [3.05, 3.63) is 29.8 Å². The molecule has 1 aliphatic rings. The zero-order valence-corrected chi connectivity index (χ0v) is 12.7. The Bertz CT molecular complexity index is 509. The van der Waals surface area contributed by atoms with Gasteiger partial charge in [-0.1, -0.05) is 19.1 Å². The molecule has 106 valence electrons. The summed E-state index contributed by atoms with van der Waals surface area (Å²) in [4.78, 5) is 0.328. The van der Waals surface area contributed by atoms with Crippen molar-refractivity contribution in [2.45, 2.75) is 31.1 Å². The van der Waals surface area contributed by atoms with Crippen molar-refractivity contribution >= 4 is 21.6 Å². The lowest BCUT2D eigenvalue weighted by Gasteiger charge is -2.12. The van der Waals surface area contributed by atoms with Crippen LogP contribution in [0.4, 0.5) is 0 Å². The molecule has 1 aromatic carbocycles. The molecule has 19 heavy (non-hydrogen) atoms. The third-order valence-corrected chi connectivity index (χ3v) is 5.27. The molecule has 5 heteroatoms. The number of alkyl halides is 1. The van der Waals surface area contributed by atoms with E-state index >= 15 is 0 Å². The van der Waals surface area contributed by atoms with E-state index in [9.17, 15) is 8.42 Å². The molecule has 1 N–H and O–H groups in total. The Morgan fingerprint density at radius 1 is 1.32 bits per heavy atom. The van der Waals surface area contributed by atoms with Crippen molar-refractivity contribution in [1.82, 2.24) is 4.72 Å². The molecular formula is C14H20ClNO2S. The zero-order chi connectivity index (χ0) is 13.9. The topological polar surface area (TPSA) is 46.2 Å². The molecule has 1 unspecified atom stereocenters. The van der Waals surface area contributed by atoms with Crippen LogP contribution in [0, 0.1) is 11.8 Å². The number of rotatable bonds is 7. The molecule has 0 aromatic heterocycles. The highest BCUT2D eigenvalue weighted by atomic mass is 35.5. The first-order valence-corrected chi connectivity index (χ1v) is 8.69. The van der Waals surface area contributed by atoms with Gasteiger partial charge in [-0.2, -0.15) is 0 Å². The summed E-state index contributed by atoms with van der Waals surface area (Å²) < 4.78 is 26.9. The summed E-state index contributed by atoms with van der Waals surface area (Å²) in [6, 6.07) is 6.93. The van der Waals surface area contributed by atoms with Gasteiger partial charge < -0.3 is 0 Å². The van der Waals surface area contributed by atoms with Gasteiger partial charge in [-0.3, -0.25) is 0 Å². The van der Waals surface area contributed by atoms with Crippen LogP contribution in [-0.2, 0) is 16.4 Å². The van der Waals surface area contributed by atoms with Crippen LogP contribution < -0.4 is 4.72 Å². The Labute approximate surface area is 120 Å². The highest BCUT2D eigenvalue weighted by molar-refractivity contribution is 7.89. The number of aryl methyl sites for hydroxylation is 1. The van der Waals surface area contributed by atoms with E-state index in [1.54, 1.807) is 12.1 Å². The summed E-state index contributed by atoms with van der Waals surface area (Å²) in [6.07, 6.45) is 3.22. The lowest BCUT2D eigenvalue weighted by Crippen LogP contribution is -2.29. The molecular weight excluding hydrogens is 282 g/mol. The minimum Gasteiger partial charge on any atom is -0.211 e. The van der Waals surface area contributed by atoms with Crippen molar-refractivity contribution in [3.8, 4) is 0 Å². The molecule has 0 heterocycles. The first-order chi connectivity index (χ1) is 9.03. The number of hydrogen-bond acceptors (Lipinski definition) is 2. The summed E-state index contributed by atoms with van der Waals surface area (Å²) in [7, 11) is -3.38. The van der Waals surface area contributed by atoms with Crippen LogP contribution in [0.1, 0.15) is 25.3 Å². The van der Waals surface area contributed by atoms with E-state index in [0.717, 1.165) is 12.0 Å². The monoisotopic (exact) mass is 301 g/mol. The number of benzene rings is 1. The second kappa shape index (κ2) is 6.25. The molecule has 0 spiro atoms. The lowest BCUT2D eigenvalue weighted by atomic mass is 10.1. The highest BCUT2D eigenvalue weighted by Gasteiger charge is 2.28. The van der Waals surface area contributed by atoms with E-state index in [2.05, 4.69) is 11.6 Å². The van der Waals surface area contributed by atoms with Crippen molar-refractivity contribution < 1.29 is 8.42 Å². The number of nitrogens with one attached hydrogen (secondary N) is 1.